The fourth-order valence-corrected chi connectivity index (χ4v) is 13.9. The van der Waals surface area contributed by atoms with Gasteiger partial charge in [0, 0.05) is 85.7 Å². The minimum Gasteiger partial charge on any atom is -0.456 e. The smallest absolute Gasteiger partial charge is 0.252 e. The summed E-state index contributed by atoms with van der Waals surface area (Å²) >= 11 is 5.49. The van der Waals surface area contributed by atoms with E-state index < -0.39 is 0 Å². The van der Waals surface area contributed by atoms with E-state index in [1.54, 1.807) is 22.7 Å². The highest BCUT2D eigenvalue weighted by Gasteiger charge is 2.45. The zero-order valence-corrected chi connectivity index (χ0v) is 37.1. The molecule has 0 amide bonds. The number of hydrogen-bond acceptors (Lipinski definition) is 6. The van der Waals surface area contributed by atoms with Crippen LogP contribution in [-0.4, -0.2) is 6.71 Å². The maximum atomic E-state index is 6.76. The van der Waals surface area contributed by atoms with Crippen molar-refractivity contribution in [2.45, 2.75) is 0 Å². The molecule has 13 aromatic rings. The van der Waals surface area contributed by atoms with Gasteiger partial charge in [-0.2, -0.15) is 0 Å². The minimum absolute atomic E-state index is 0.0741. The molecule has 3 nitrogen and oxygen atoms in total. The second kappa shape index (κ2) is 13.6. The Morgan fingerprint density at radius 2 is 0.923 bits per heavy atom. The summed E-state index contributed by atoms with van der Waals surface area (Å²) in [5, 5.41) is 11.9. The topological polar surface area (TPSA) is 19.6 Å². The Morgan fingerprint density at radius 3 is 1.58 bits per heavy atom. The Hall–Kier alpha value is -7.42. The lowest BCUT2D eigenvalue weighted by atomic mass is 9.33. The first-order valence-corrected chi connectivity index (χ1v) is 24.6. The van der Waals surface area contributed by atoms with Crippen LogP contribution in [-0.2, 0) is 0 Å². The van der Waals surface area contributed by atoms with Gasteiger partial charge >= 0.3 is 0 Å². The lowest BCUT2D eigenvalue weighted by Crippen LogP contribution is -2.61. The molecule has 0 unspecified atom stereocenters. The van der Waals surface area contributed by atoms with Gasteiger partial charge in [-0.15, -0.1) is 34.0 Å². The second-order valence-electron chi connectivity index (χ2n) is 17.1. The van der Waals surface area contributed by atoms with Gasteiger partial charge in [0.15, 0.2) is 0 Å². The van der Waals surface area contributed by atoms with Gasteiger partial charge in [-0.05, 0) is 110 Å². The molecule has 4 aromatic heterocycles. The van der Waals surface area contributed by atoms with Gasteiger partial charge in [-0.25, -0.2) is 0 Å². The molecule has 2 aliphatic rings. The summed E-state index contributed by atoms with van der Waals surface area (Å²) in [4.78, 5) is 5.15. The van der Waals surface area contributed by atoms with E-state index in [2.05, 4.69) is 209 Å². The molecule has 0 aliphatic carbocycles. The number of thiophene rings is 3. The first-order valence-electron chi connectivity index (χ1n) is 22.0. The number of para-hydroxylation sites is 1. The molecule has 0 radical (unpaired) electrons. The molecule has 0 saturated carbocycles. The lowest BCUT2D eigenvalue weighted by molar-refractivity contribution is 0.669. The zero-order valence-electron chi connectivity index (χ0n) is 34.7. The van der Waals surface area contributed by atoms with Gasteiger partial charge in [0.1, 0.15) is 11.2 Å². The fourth-order valence-electron chi connectivity index (χ4n) is 11.1. The van der Waals surface area contributed by atoms with E-state index in [1.165, 1.54) is 102 Å². The van der Waals surface area contributed by atoms with E-state index in [0.717, 1.165) is 33.3 Å². The van der Waals surface area contributed by atoms with Crippen LogP contribution in [0.1, 0.15) is 0 Å². The molecule has 302 valence electrons. The lowest BCUT2D eigenvalue weighted by Gasteiger charge is -2.44. The highest BCUT2D eigenvalue weighted by Crippen LogP contribution is 2.52. The molecule has 7 heteroatoms. The Morgan fingerprint density at radius 1 is 0.354 bits per heavy atom. The summed E-state index contributed by atoms with van der Waals surface area (Å²) in [7, 11) is 0. The van der Waals surface area contributed by atoms with Crippen LogP contribution in [0.3, 0.4) is 0 Å². The predicted octanol–water partition coefficient (Wildman–Crippen LogP) is 15.8. The van der Waals surface area contributed by atoms with Crippen molar-refractivity contribution in [1.29, 1.82) is 0 Å². The summed E-state index contributed by atoms with van der Waals surface area (Å²) in [6.45, 7) is -0.0741. The number of rotatable bonds is 4. The minimum atomic E-state index is -0.0741. The van der Waals surface area contributed by atoms with Gasteiger partial charge in [-0.1, -0.05) is 115 Å². The fraction of sp³-hybridized carbons (Fsp3) is 0. The number of anilines is 6. The number of fused-ring (bicyclic) bond motifs is 12. The van der Waals surface area contributed by atoms with Gasteiger partial charge in [0.05, 0.1) is 11.4 Å². The summed E-state index contributed by atoms with van der Waals surface area (Å²) in [6.07, 6.45) is 0. The van der Waals surface area contributed by atoms with Crippen LogP contribution in [0.5, 0.6) is 0 Å². The van der Waals surface area contributed by atoms with Crippen molar-refractivity contribution in [1.82, 2.24) is 0 Å². The quantitative estimate of drug-likeness (QED) is 0.164. The number of benzene rings is 9. The van der Waals surface area contributed by atoms with Crippen molar-refractivity contribution in [2.24, 2.45) is 0 Å². The van der Waals surface area contributed by atoms with Crippen molar-refractivity contribution in [3.05, 3.63) is 199 Å². The summed E-state index contributed by atoms with van der Waals surface area (Å²) < 4.78 is 11.9. The average molecular weight is 881 g/mol. The normalized spacial score (nSPS) is 13.1. The van der Waals surface area contributed by atoms with Crippen molar-refractivity contribution < 1.29 is 4.42 Å². The van der Waals surface area contributed by atoms with Gasteiger partial charge in [-0.3, -0.25) is 0 Å². The SMILES string of the molecule is c1ccc(-c2c(N3c4cc5oc6ccccc6c5cc4B4c5cc6c(cc5N(c5ccc7sccc7c5-c5ccccc5)c5cccc3c54)sc3ccccc36)ccc3sccc23)cc1. The molecule has 6 heterocycles. The van der Waals surface area contributed by atoms with Gasteiger partial charge in [0.2, 0.25) is 0 Å². The van der Waals surface area contributed by atoms with Gasteiger partial charge < -0.3 is 14.2 Å². The van der Waals surface area contributed by atoms with E-state index >= 15 is 0 Å². The van der Waals surface area contributed by atoms with Crippen LogP contribution in [0.4, 0.5) is 34.1 Å². The first kappa shape index (κ1) is 36.0. The second-order valence-corrected chi connectivity index (χ2v) is 20.1. The third-order valence-corrected chi connectivity index (χ3v) is 16.7. The number of furan rings is 1. The molecule has 0 atom stereocenters. The Kier molecular flexibility index (Phi) is 7.50. The standard InChI is InChI=1S/C58H33BN2OS3/c1-3-12-34(13-4-1)56-38-26-28-63-52(38)24-22-44(56)60-46-18-11-19-47-58(46)59(42-30-40-36-16-7-9-20-50(36)62-51(40)32-48(42)60)43-31-41-37-17-8-10-21-54(37)65-55(41)33-49(43)61(47)45-23-25-53-39(27-29-64-53)57(45)35-14-5-2-6-15-35/h1-33H. The summed E-state index contributed by atoms with van der Waals surface area (Å²) in [6, 6.07) is 70.1. The Labute approximate surface area is 386 Å². The molecule has 0 saturated heterocycles. The number of nitrogens with zero attached hydrogens (tertiary/aromatic N) is 2. The molecule has 15 rings (SSSR count). The van der Waals surface area contributed by atoms with E-state index in [9.17, 15) is 0 Å². The highest BCUT2D eigenvalue weighted by molar-refractivity contribution is 7.26. The number of hydrogen-bond donors (Lipinski definition) is 0. The van der Waals surface area contributed by atoms with E-state index in [0.29, 0.717) is 0 Å². The maximum absolute atomic E-state index is 6.76. The molecule has 65 heavy (non-hydrogen) atoms. The Balaban J connectivity index is 1.11. The summed E-state index contributed by atoms with van der Waals surface area (Å²) in [5.74, 6) is 0. The van der Waals surface area contributed by atoms with Crippen molar-refractivity contribution in [3.63, 3.8) is 0 Å². The zero-order chi connectivity index (χ0) is 42.3. The van der Waals surface area contributed by atoms with Crippen molar-refractivity contribution in [2.75, 3.05) is 9.80 Å². The van der Waals surface area contributed by atoms with Crippen LogP contribution in [0.15, 0.2) is 203 Å². The third kappa shape index (κ3) is 5.06. The first-order chi connectivity index (χ1) is 32.2. The summed E-state index contributed by atoms with van der Waals surface area (Å²) in [5.41, 5.74) is 17.6. The Bertz CT molecular complexity index is 3850. The molecule has 0 spiro atoms. The predicted molar refractivity (Wildman–Crippen MR) is 282 cm³/mol. The van der Waals surface area contributed by atoms with E-state index in [1.807, 2.05) is 11.3 Å². The molecule has 0 N–H and O–H groups in total. The third-order valence-electron chi connectivity index (χ3n) is 13.8. The molecular formula is C58H33BN2OS3. The largest absolute Gasteiger partial charge is 0.456 e. The van der Waals surface area contributed by atoms with E-state index in [-0.39, 0.29) is 6.71 Å². The monoisotopic (exact) mass is 880 g/mol. The van der Waals surface area contributed by atoms with Crippen LogP contribution >= 0.6 is 34.0 Å². The van der Waals surface area contributed by atoms with E-state index in [4.69, 9.17) is 4.42 Å². The van der Waals surface area contributed by atoms with Gasteiger partial charge in [0.25, 0.3) is 6.71 Å². The van der Waals surface area contributed by atoms with Crippen LogP contribution in [0, 0.1) is 0 Å². The average Bonchev–Trinajstić information content (AvgIpc) is 4.18. The molecule has 0 bridgehead atoms. The molecule has 0 fully saturated rings. The van der Waals surface area contributed by atoms with Crippen molar-refractivity contribution >= 4 is 154 Å². The molecule has 2 aliphatic heterocycles. The van der Waals surface area contributed by atoms with Crippen molar-refractivity contribution in [3.8, 4) is 22.3 Å². The van der Waals surface area contributed by atoms with Crippen LogP contribution < -0.4 is 26.2 Å². The molecule has 9 aromatic carbocycles. The van der Waals surface area contributed by atoms with Crippen LogP contribution in [0.25, 0.3) is 84.5 Å². The van der Waals surface area contributed by atoms with Crippen LogP contribution in [0.2, 0.25) is 0 Å². The molecular weight excluding hydrogens is 848 g/mol. The maximum Gasteiger partial charge on any atom is 0.252 e. The highest BCUT2D eigenvalue weighted by atomic mass is 32.1.